The lowest BCUT2D eigenvalue weighted by Crippen LogP contribution is -2.33. The van der Waals surface area contributed by atoms with Gasteiger partial charge in [0.1, 0.15) is 5.69 Å². The Labute approximate surface area is 206 Å². The summed E-state index contributed by atoms with van der Waals surface area (Å²) in [5.41, 5.74) is 3.83. The quantitative estimate of drug-likeness (QED) is 0.341. The van der Waals surface area contributed by atoms with Gasteiger partial charge in [-0.1, -0.05) is 41.5 Å². The Kier molecular flexibility index (Phi) is 7.65. The van der Waals surface area contributed by atoms with E-state index in [2.05, 4.69) is 82.7 Å². The van der Waals surface area contributed by atoms with Crippen molar-refractivity contribution in [1.29, 1.82) is 0 Å². The number of ether oxygens (including phenoxy) is 1. The highest BCUT2D eigenvalue weighted by molar-refractivity contribution is 8.33. The fourth-order valence-electron chi connectivity index (χ4n) is 5.05. The highest BCUT2D eigenvalue weighted by atomic mass is 32.3. The molecule has 34 heavy (non-hydrogen) atoms. The van der Waals surface area contributed by atoms with Crippen LogP contribution < -0.4 is 4.90 Å². The Morgan fingerprint density at radius 3 is 2.09 bits per heavy atom. The Hall–Kier alpha value is -2.54. The Morgan fingerprint density at radius 1 is 0.941 bits per heavy atom. The van der Waals surface area contributed by atoms with Crippen molar-refractivity contribution in [2.75, 3.05) is 19.1 Å². The Balaban J connectivity index is 2.24. The summed E-state index contributed by atoms with van der Waals surface area (Å²) in [6.45, 7) is 18.4. The summed E-state index contributed by atoms with van der Waals surface area (Å²) in [4.78, 5) is 24.2. The number of carbonyl (C=O) groups excluding carboxylic acids is 1. The lowest BCUT2D eigenvalue weighted by Gasteiger charge is -2.52. The van der Waals surface area contributed by atoms with E-state index < -0.39 is 10.2 Å². The van der Waals surface area contributed by atoms with Gasteiger partial charge in [-0.25, -0.2) is 14.8 Å². The van der Waals surface area contributed by atoms with Gasteiger partial charge in [-0.2, -0.15) is 10.2 Å². The second kappa shape index (κ2) is 9.98. The second-order valence-electron chi connectivity index (χ2n) is 9.93. The third-order valence-electron chi connectivity index (χ3n) is 6.75. The van der Waals surface area contributed by atoms with Crippen molar-refractivity contribution in [3.8, 4) is 11.3 Å². The molecule has 0 unspecified atom stereocenters. The SMILES string of the molecule is COC(=O)c1ccc2nc(-c3ccn(S(C(C)C)(C(C)C)C(C)C)c3)c(N(C)C(C)C)nc2c1. The summed E-state index contributed by atoms with van der Waals surface area (Å²) in [5, 5.41) is 1.64. The number of carbonyl (C=O) groups is 1. The molecule has 2 heterocycles. The largest absolute Gasteiger partial charge is 0.465 e. The average Bonchev–Trinajstić information content (AvgIpc) is 3.26. The molecule has 6 nitrogen and oxygen atoms in total. The third-order valence-corrected chi connectivity index (χ3v) is 12.2. The van der Waals surface area contributed by atoms with E-state index in [1.54, 1.807) is 12.1 Å². The van der Waals surface area contributed by atoms with Crippen molar-refractivity contribution in [2.45, 2.75) is 77.2 Å². The number of esters is 1. The van der Waals surface area contributed by atoms with Gasteiger partial charge in [-0.3, -0.25) is 0 Å². The molecule has 2 aromatic heterocycles. The zero-order valence-corrected chi connectivity index (χ0v) is 23.1. The third kappa shape index (κ3) is 4.42. The minimum absolute atomic E-state index is 0.239. The molecule has 7 heteroatoms. The number of methoxy groups -OCH3 is 1. The van der Waals surface area contributed by atoms with Gasteiger partial charge in [0.15, 0.2) is 5.82 Å². The molecular weight excluding hydrogens is 444 g/mol. The molecule has 0 fully saturated rings. The van der Waals surface area contributed by atoms with E-state index in [9.17, 15) is 4.79 Å². The van der Waals surface area contributed by atoms with Crippen LogP contribution in [0.25, 0.3) is 22.3 Å². The van der Waals surface area contributed by atoms with Gasteiger partial charge in [-0.05, 0) is 38.1 Å². The smallest absolute Gasteiger partial charge is 0.337 e. The molecule has 186 valence electrons. The van der Waals surface area contributed by atoms with Crippen molar-refractivity contribution in [3.05, 3.63) is 42.2 Å². The van der Waals surface area contributed by atoms with Crippen LogP contribution in [0.3, 0.4) is 0 Å². The minimum Gasteiger partial charge on any atom is -0.465 e. The average molecular weight is 485 g/mol. The molecule has 0 atom stereocenters. The van der Waals surface area contributed by atoms with Gasteiger partial charge in [-0.15, -0.1) is 0 Å². The van der Waals surface area contributed by atoms with Crippen LogP contribution in [0.5, 0.6) is 0 Å². The monoisotopic (exact) mass is 484 g/mol. The molecule has 0 bridgehead atoms. The number of rotatable bonds is 8. The van der Waals surface area contributed by atoms with Crippen LogP contribution in [-0.2, 0) is 4.74 Å². The summed E-state index contributed by atoms with van der Waals surface area (Å²) < 4.78 is 7.37. The van der Waals surface area contributed by atoms with E-state index in [0.29, 0.717) is 26.8 Å². The molecule has 0 radical (unpaired) electrons. The molecule has 0 aliphatic rings. The molecule has 0 spiro atoms. The topological polar surface area (TPSA) is 60.2 Å². The number of hydrogen-bond acceptors (Lipinski definition) is 5. The van der Waals surface area contributed by atoms with E-state index in [4.69, 9.17) is 14.7 Å². The zero-order chi connectivity index (χ0) is 25.4. The summed E-state index contributed by atoms with van der Waals surface area (Å²) in [7, 11) is 2.31. The fraction of sp³-hybridized carbons (Fsp3) is 0.519. The number of nitrogens with zero attached hydrogens (tertiary/aromatic N) is 4. The molecule has 3 rings (SSSR count). The molecule has 3 aromatic rings. The molecule has 0 N–H and O–H groups in total. The van der Waals surface area contributed by atoms with E-state index >= 15 is 0 Å². The van der Waals surface area contributed by atoms with E-state index in [1.165, 1.54) is 7.11 Å². The van der Waals surface area contributed by atoms with Gasteiger partial charge in [0, 0.05) is 46.8 Å². The van der Waals surface area contributed by atoms with Crippen molar-refractivity contribution >= 4 is 33.0 Å². The molecule has 1 aromatic carbocycles. The normalized spacial score (nSPS) is 12.9. The van der Waals surface area contributed by atoms with Gasteiger partial charge < -0.3 is 13.6 Å². The van der Waals surface area contributed by atoms with Crippen LogP contribution in [0, 0.1) is 0 Å². The predicted molar refractivity (Wildman–Crippen MR) is 146 cm³/mol. The maximum atomic E-state index is 12.1. The lowest BCUT2D eigenvalue weighted by molar-refractivity contribution is 0.0601. The van der Waals surface area contributed by atoms with E-state index in [-0.39, 0.29) is 12.0 Å². The Morgan fingerprint density at radius 2 is 1.56 bits per heavy atom. The number of aromatic nitrogens is 3. The second-order valence-corrected chi connectivity index (χ2v) is 14.6. The van der Waals surface area contributed by atoms with Gasteiger partial charge in [0.25, 0.3) is 0 Å². The summed E-state index contributed by atoms with van der Waals surface area (Å²) >= 11 is 0. The maximum absolute atomic E-state index is 12.1. The predicted octanol–water partition coefficient (Wildman–Crippen LogP) is 6.52. The highest BCUT2D eigenvalue weighted by Crippen LogP contribution is 2.61. The summed E-state index contributed by atoms with van der Waals surface area (Å²) in [6, 6.07) is 7.76. The van der Waals surface area contributed by atoms with Crippen molar-refractivity contribution in [1.82, 2.24) is 13.9 Å². The lowest BCUT2D eigenvalue weighted by atomic mass is 10.1. The molecular formula is C27H40N4O2S. The standard InChI is InChI=1S/C27H40N4O2S/c1-17(2)30(9)26-25(28-23-12-11-21(27(32)33-10)15-24(23)29-26)22-13-14-31(16-22)34(18(3)4,19(5)6)20(7)8/h11-20H,1-10H3. The van der Waals surface area contributed by atoms with Gasteiger partial charge in [0.05, 0.1) is 23.7 Å². The maximum Gasteiger partial charge on any atom is 0.337 e. The zero-order valence-electron chi connectivity index (χ0n) is 22.3. The highest BCUT2D eigenvalue weighted by Gasteiger charge is 2.36. The molecule has 0 aliphatic carbocycles. The van der Waals surface area contributed by atoms with Crippen LogP contribution in [0.4, 0.5) is 5.82 Å². The summed E-state index contributed by atoms with van der Waals surface area (Å²) in [6.07, 6.45) is 4.50. The number of anilines is 1. The number of benzene rings is 1. The first-order valence-corrected chi connectivity index (χ1v) is 13.8. The van der Waals surface area contributed by atoms with Crippen LogP contribution in [0.1, 0.15) is 65.7 Å². The van der Waals surface area contributed by atoms with Gasteiger partial charge in [0.2, 0.25) is 0 Å². The van der Waals surface area contributed by atoms with Crippen LogP contribution in [0.15, 0.2) is 36.7 Å². The molecule has 0 amide bonds. The summed E-state index contributed by atoms with van der Waals surface area (Å²) in [5.74, 6) is 0.431. The molecule has 0 aliphatic heterocycles. The number of fused-ring (bicyclic) bond motifs is 1. The molecule has 0 saturated heterocycles. The first kappa shape index (κ1) is 26.1. The first-order valence-electron chi connectivity index (χ1n) is 12.1. The van der Waals surface area contributed by atoms with Crippen LogP contribution in [-0.4, -0.2) is 55.9 Å². The van der Waals surface area contributed by atoms with Crippen LogP contribution in [0.2, 0.25) is 0 Å². The molecule has 0 saturated carbocycles. The first-order chi connectivity index (χ1) is 15.9. The fourth-order valence-corrected chi connectivity index (χ4v) is 10.3. The van der Waals surface area contributed by atoms with Crippen molar-refractivity contribution in [2.24, 2.45) is 0 Å². The van der Waals surface area contributed by atoms with E-state index in [1.807, 2.05) is 13.1 Å². The van der Waals surface area contributed by atoms with Crippen LogP contribution >= 0.6 is 10.2 Å². The van der Waals surface area contributed by atoms with Crippen molar-refractivity contribution < 1.29 is 9.53 Å². The van der Waals surface area contributed by atoms with E-state index in [0.717, 1.165) is 22.6 Å². The minimum atomic E-state index is -1.12. The number of hydrogen-bond donors (Lipinski definition) is 0. The van der Waals surface area contributed by atoms with Crippen molar-refractivity contribution in [3.63, 3.8) is 0 Å². The van der Waals surface area contributed by atoms with Gasteiger partial charge >= 0.3 is 5.97 Å². The Bertz CT molecular complexity index is 1140.